The lowest BCUT2D eigenvalue weighted by Gasteiger charge is -2.26. The molecule has 1 aromatic rings. The van der Waals surface area contributed by atoms with Crippen molar-refractivity contribution in [1.29, 1.82) is 0 Å². The van der Waals surface area contributed by atoms with E-state index in [1.807, 2.05) is 6.07 Å². The number of nitrogens with one attached hydrogen (secondary N) is 1. The molecule has 2 heteroatoms. The molecule has 0 aliphatic heterocycles. The Kier molecular flexibility index (Phi) is 5.16. The molecule has 2 unspecified atom stereocenters. The maximum Gasteiger partial charge on any atom is 0.0462 e. The lowest BCUT2D eigenvalue weighted by atomic mass is 9.82. The molecule has 1 rings (SSSR count). The van der Waals surface area contributed by atoms with Crippen molar-refractivity contribution in [2.24, 2.45) is 17.2 Å². The summed E-state index contributed by atoms with van der Waals surface area (Å²) in [5, 5.41) is 0. The molecule has 96 valence electrons. The van der Waals surface area contributed by atoms with Crippen molar-refractivity contribution in [1.82, 2.24) is 5.43 Å². The number of hydrazine groups is 1. The molecule has 0 aromatic heterocycles. The third-order valence-corrected chi connectivity index (χ3v) is 3.00. The van der Waals surface area contributed by atoms with Gasteiger partial charge in [-0.3, -0.25) is 11.3 Å². The first-order chi connectivity index (χ1) is 7.92. The molecule has 2 atom stereocenters. The molecule has 0 aliphatic rings. The summed E-state index contributed by atoms with van der Waals surface area (Å²) in [7, 11) is 0. The zero-order chi connectivity index (χ0) is 12.9. The maximum atomic E-state index is 5.67. The molecule has 1 aromatic carbocycles. The molecule has 0 saturated heterocycles. The SMILES string of the molecule is CC(CC(NN)c1ccccc1)CC(C)(C)C. The zero-order valence-corrected chi connectivity index (χ0v) is 11.5. The highest BCUT2D eigenvalue weighted by Crippen LogP contribution is 2.30. The second kappa shape index (κ2) is 6.18. The summed E-state index contributed by atoms with van der Waals surface area (Å²) < 4.78 is 0. The van der Waals surface area contributed by atoms with Crippen LogP contribution in [0.1, 0.15) is 52.1 Å². The van der Waals surface area contributed by atoms with Gasteiger partial charge in [-0.05, 0) is 29.7 Å². The van der Waals surface area contributed by atoms with Gasteiger partial charge >= 0.3 is 0 Å². The van der Waals surface area contributed by atoms with Crippen molar-refractivity contribution in [3.8, 4) is 0 Å². The molecule has 0 fully saturated rings. The van der Waals surface area contributed by atoms with Crippen molar-refractivity contribution >= 4 is 0 Å². The van der Waals surface area contributed by atoms with Crippen LogP contribution in [0.5, 0.6) is 0 Å². The second-order valence-electron chi connectivity index (χ2n) is 6.24. The molecule has 17 heavy (non-hydrogen) atoms. The van der Waals surface area contributed by atoms with Crippen molar-refractivity contribution in [2.45, 2.75) is 46.6 Å². The first-order valence-corrected chi connectivity index (χ1v) is 6.43. The normalized spacial score (nSPS) is 15.6. The summed E-state index contributed by atoms with van der Waals surface area (Å²) in [6.07, 6.45) is 2.30. The number of hydrogen-bond donors (Lipinski definition) is 2. The first-order valence-electron chi connectivity index (χ1n) is 6.43. The van der Waals surface area contributed by atoms with Crippen LogP contribution in [0.25, 0.3) is 0 Å². The molecule has 0 radical (unpaired) electrons. The number of benzene rings is 1. The van der Waals surface area contributed by atoms with Gasteiger partial charge in [-0.25, -0.2) is 0 Å². The van der Waals surface area contributed by atoms with Crippen LogP contribution in [0.4, 0.5) is 0 Å². The summed E-state index contributed by atoms with van der Waals surface area (Å²) in [6.45, 7) is 9.17. The Bertz CT molecular complexity index is 313. The van der Waals surface area contributed by atoms with Crippen molar-refractivity contribution in [3.63, 3.8) is 0 Å². The minimum absolute atomic E-state index is 0.258. The Balaban J connectivity index is 2.59. The number of rotatable bonds is 5. The van der Waals surface area contributed by atoms with Crippen molar-refractivity contribution in [3.05, 3.63) is 35.9 Å². The predicted molar refractivity (Wildman–Crippen MR) is 74.4 cm³/mol. The molecule has 0 saturated carbocycles. The van der Waals surface area contributed by atoms with Crippen LogP contribution in [0.3, 0.4) is 0 Å². The molecule has 0 amide bonds. The van der Waals surface area contributed by atoms with Gasteiger partial charge in [0.1, 0.15) is 0 Å². The average molecular weight is 234 g/mol. The van der Waals surface area contributed by atoms with Gasteiger partial charge in [-0.15, -0.1) is 0 Å². The van der Waals surface area contributed by atoms with Gasteiger partial charge in [-0.1, -0.05) is 58.0 Å². The van der Waals surface area contributed by atoms with E-state index in [1.165, 1.54) is 12.0 Å². The number of hydrogen-bond acceptors (Lipinski definition) is 2. The van der Waals surface area contributed by atoms with Crippen LogP contribution in [0, 0.1) is 11.3 Å². The largest absolute Gasteiger partial charge is 0.271 e. The van der Waals surface area contributed by atoms with Crippen molar-refractivity contribution < 1.29 is 0 Å². The van der Waals surface area contributed by atoms with E-state index in [1.54, 1.807) is 0 Å². The van der Waals surface area contributed by atoms with E-state index in [0.29, 0.717) is 11.3 Å². The molecule has 0 aliphatic carbocycles. The summed E-state index contributed by atoms with van der Waals surface area (Å²) in [5.74, 6) is 6.33. The Hall–Kier alpha value is -0.860. The third kappa shape index (κ3) is 5.33. The Morgan fingerprint density at radius 3 is 2.24 bits per heavy atom. The fourth-order valence-corrected chi connectivity index (χ4v) is 2.52. The third-order valence-electron chi connectivity index (χ3n) is 3.00. The van der Waals surface area contributed by atoms with E-state index >= 15 is 0 Å². The fraction of sp³-hybridized carbons (Fsp3) is 0.600. The van der Waals surface area contributed by atoms with Gasteiger partial charge in [0.15, 0.2) is 0 Å². The van der Waals surface area contributed by atoms with Gasteiger partial charge in [0.2, 0.25) is 0 Å². The van der Waals surface area contributed by atoms with E-state index in [-0.39, 0.29) is 6.04 Å². The lowest BCUT2D eigenvalue weighted by Crippen LogP contribution is -2.30. The van der Waals surface area contributed by atoms with Gasteiger partial charge in [-0.2, -0.15) is 0 Å². The smallest absolute Gasteiger partial charge is 0.0462 e. The van der Waals surface area contributed by atoms with E-state index in [2.05, 4.69) is 57.4 Å². The fourth-order valence-electron chi connectivity index (χ4n) is 2.52. The highest BCUT2D eigenvalue weighted by atomic mass is 15.2. The van der Waals surface area contributed by atoms with E-state index in [0.717, 1.165) is 6.42 Å². The standard InChI is InChI=1S/C15H26N2/c1-12(11-15(2,3)4)10-14(17-16)13-8-6-5-7-9-13/h5-9,12,14,17H,10-11,16H2,1-4H3. The van der Waals surface area contributed by atoms with Crippen molar-refractivity contribution in [2.75, 3.05) is 0 Å². The van der Waals surface area contributed by atoms with Crippen LogP contribution in [-0.2, 0) is 0 Å². The minimum Gasteiger partial charge on any atom is -0.271 e. The number of nitrogens with two attached hydrogens (primary N) is 1. The van der Waals surface area contributed by atoms with Crippen LogP contribution in [-0.4, -0.2) is 0 Å². The minimum atomic E-state index is 0.258. The molecule has 2 nitrogen and oxygen atoms in total. The summed E-state index contributed by atoms with van der Waals surface area (Å²) in [6, 6.07) is 10.7. The first kappa shape index (κ1) is 14.2. The van der Waals surface area contributed by atoms with Gasteiger partial charge in [0.25, 0.3) is 0 Å². The molecule has 0 heterocycles. The molecule has 3 N–H and O–H groups in total. The Morgan fingerprint density at radius 1 is 1.18 bits per heavy atom. The molecular formula is C15H26N2. The van der Waals surface area contributed by atoms with Gasteiger partial charge < -0.3 is 0 Å². The van der Waals surface area contributed by atoms with Crippen LogP contribution < -0.4 is 11.3 Å². The van der Waals surface area contributed by atoms with Gasteiger partial charge in [0.05, 0.1) is 0 Å². The quantitative estimate of drug-likeness (QED) is 0.603. The van der Waals surface area contributed by atoms with Crippen LogP contribution >= 0.6 is 0 Å². The average Bonchev–Trinajstić information content (AvgIpc) is 2.24. The molecular weight excluding hydrogens is 208 g/mol. The van der Waals surface area contributed by atoms with Crippen LogP contribution in [0.15, 0.2) is 30.3 Å². The maximum absolute atomic E-state index is 5.67. The molecule has 0 bridgehead atoms. The summed E-state index contributed by atoms with van der Waals surface area (Å²) in [5.41, 5.74) is 4.59. The van der Waals surface area contributed by atoms with E-state index < -0.39 is 0 Å². The van der Waals surface area contributed by atoms with E-state index in [9.17, 15) is 0 Å². The lowest BCUT2D eigenvalue weighted by molar-refractivity contribution is 0.276. The molecule has 0 spiro atoms. The highest BCUT2D eigenvalue weighted by Gasteiger charge is 2.19. The van der Waals surface area contributed by atoms with Crippen LogP contribution in [0.2, 0.25) is 0 Å². The zero-order valence-electron chi connectivity index (χ0n) is 11.5. The van der Waals surface area contributed by atoms with E-state index in [4.69, 9.17) is 5.84 Å². The topological polar surface area (TPSA) is 38.0 Å². The van der Waals surface area contributed by atoms with Gasteiger partial charge in [0, 0.05) is 6.04 Å². The summed E-state index contributed by atoms with van der Waals surface area (Å²) in [4.78, 5) is 0. The Labute approximate surface area is 106 Å². The second-order valence-corrected chi connectivity index (χ2v) is 6.24. The Morgan fingerprint density at radius 2 is 1.76 bits per heavy atom. The summed E-state index contributed by atoms with van der Waals surface area (Å²) >= 11 is 0. The monoisotopic (exact) mass is 234 g/mol. The predicted octanol–water partition coefficient (Wildman–Crippen LogP) is 3.65. The highest BCUT2D eigenvalue weighted by molar-refractivity contribution is 5.18.